The zero-order valence-corrected chi connectivity index (χ0v) is 23.7. The number of aromatic nitrogens is 2. The smallest absolute Gasteiger partial charge is 0.237 e. The predicted molar refractivity (Wildman–Crippen MR) is 155 cm³/mol. The van der Waals surface area contributed by atoms with Crippen LogP contribution in [0.3, 0.4) is 0 Å². The van der Waals surface area contributed by atoms with Gasteiger partial charge in [0.2, 0.25) is 5.91 Å². The van der Waals surface area contributed by atoms with Gasteiger partial charge in [-0.15, -0.1) is 24.8 Å². The number of anilines is 1. The minimum absolute atomic E-state index is 0. The molecule has 3 heterocycles. The Morgan fingerprint density at radius 1 is 1.10 bits per heavy atom. The van der Waals surface area contributed by atoms with Crippen LogP contribution in [0.4, 0.5) is 10.1 Å². The number of amides is 1. The summed E-state index contributed by atoms with van der Waals surface area (Å²) in [6.45, 7) is 2.37. The Hall–Kier alpha value is -2.72. The Morgan fingerprint density at radius 3 is 2.46 bits per heavy atom. The summed E-state index contributed by atoms with van der Waals surface area (Å²) in [6, 6.07) is 6.20. The van der Waals surface area contributed by atoms with Crippen LogP contribution in [-0.2, 0) is 4.79 Å². The van der Waals surface area contributed by atoms with Crippen LogP contribution in [0.5, 0.6) is 5.75 Å². The number of benzene rings is 1. The van der Waals surface area contributed by atoms with Crippen LogP contribution in [0.15, 0.2) is 30.5 Å². The molecule has 4 N–H and O–H groups in total. The second-order valence-electron chi connectivity index (χ2n) is 9.81. The number of Topliss-reactive ketones (excluding diaryl/α,β-unsaturated/α-hetero) is 1. The van der Waals surface area contributed by atoms with Gasteiger partial charge in [0.25, 0.3) is 0 Å². The molecule has 1 aromatic carbocycles. The number of carbonyl (C=O) groups excluding carboxylic acids is 2. The fourth-order valence-electron chi connectivity index (χ4n) is 5.15. The zero-order chi connectivity index (χ0) is 26.1. The van der Waals surface area contributed by atoms with Crippen molar-refractivity contribution < 1.29 is 19.1 Å². The minimum Gasteiger partial charge on any atom is -0.504 e. The van der Waals surface area contributed by atoms with Crippen LogP contribution < -0.4 is 16.0 Å². The number of hydrogen-bond donors (Lipinski definition) is 4. The number of halogens is 4. The van der Waals surface area contributed by atoms with Gasteiger partial charge in [-0.1, -0.05) is 11.6 Å². The molecule has 2 aliphatic rings. The van der Waals surface area contributed by atoms with Crippen molar-refractivity contribution >= 4 is 64.8 Å². The second kappa shape index (κ2) is 13.1. The minimum atomic E-state index is -0.842. The molecule has 210 valence electrons. The van der Waals surface area contributed by atoms with Gasteiger partial charge in [0.15, 0.2) is 17.3 Å². The van der Waals surface area contributed by atoms with Gasteiger partial charge in [-0.2, -0.15) is 0 Å². The summed E-state index contributed by atoms with van der Waals surface area (Å²) in [6.07, 6.45) is 6.76. The van der Waals surface area contributed by atoms with Gasteiger partial charge in [-0.3, -0.25) is 14.6 Å². The number of phenolic OH excluding ortho intramolecular Hbond substituents is 1. The number of ketones is 1. The lowest BCUT2D eigenvalue weighted by molar-refractivity contribution is -0.123. The van der Waals surface area contributed by atoms with E-state index in [1.165, 1.54) is 19.1 Å². The molecule has 3 aromatic rings. The first-order valence-electron chi connectivity index (χ1n) is 12.6. The van der Waals surface area contributed by atoms with Crippen molar-refractivity contribution in [3.05, 3.63) is 46.9 Å². The molecule has 1 saturated heterocycles. The van der Waals surface area contributed by atoms with Gasteiger partial charge < -0.3 is 21.1 Å². The average molecular weight is 599 g/mol. The molecule has 0 spiro atoms. The van der Waals surface area contributed by atoms with Crippen LogP contribution in [0.2, 0.25) is 5.02 Å². The highest BCUT2D eigenvalue weighted by Gasteiger charge is 2.28. The lowest BCUT2D eigenvalue weighted by Gasteiger charge is -2.31. The summed E-state index contributed by atoms with van der Waals surface area (Å²) in [5.41, 5.74) is 2.94. The van der Waals surface area contributed by atoms with E-state index in [9.17, 15) is 19.1 Å². The molecule has 1 saturated carbocycles. The quantitative estimate of drug-likeness (QED) is 0.280. The first-order chi connectivity index (χ1) is 17.8. The van der Waals surface area contributed by atoms with E-state index in [1.807, 2.05) is 0 Å². The van der Waals surface area contributed by atoms with Gasteiger partial charge in [-0.25, -0.2) is 9.37 Å². The molecule has 39 heavy (non-hydrogen) atoms. The maximum atomic E-state index is 14.1. The van der Waals surface area contributed by atoms with Crippen LogP contribution >= 0.6 is 36.4 Å². The van der Waals surface area contributed by atoms with E-state index < -0.39 is 11.6 Å². The topological polar surface area (TPSA) is 116 Å². The number of hydrogen-bond acceptors (Lipinski definition) is 7. The molecular weight excluding hydrogens is 568 g/mol. The molecule has 0 unspecified atom stereocenters. The van der Waals surface area contributed by atoms with E-state index in [1.54, 1.807) is 18.3 Å². The highest BCUT2D eigenvalue weighted by molar-refractivity contribution is 6.32. The van der Waals surface area contributed by atoms with Crippen molar-refractivity contribution in [2.24, 2.45) is 0 Å². The molecule has 12 heteroatoms. The number of pyridine rings is 2. The Balaban J connectivity index is 0.00000210. The summed E-state index contributed by atoms with van der Waals surface area (Å²) in [4.78, 5) is 34.1. The maximum absolute atomic E-state index is 14.1. The van der Waals surface area contributed by atoms with Crippen molar-refractivity contribution in [2.45, 2.75) is 63.6 Å². The van der Waals surface area contributed by atoms with Crippen LogP contribution in [-0.4, -0.2) is 51.4 Å². The number of carbonyl (C=O) groups is 2. The average Bonchev–Trinajstić information content (AvgIpc) is 3.43. The Labute approximate surface area is 243 Å². The SMILES string of the molecule is CC(=O)c1cnc2ccc(-c3cc(F)c(O)c(Cl)c3)nc2c1NC1CCC(NC(=O)[C@@H]2CCCN2)CC1.Cl.Cl. The molecule has 1 atom stereocenters. The number of fused-ring (bicyclic) bond motifs is 1. The molecule has 2 fully saturated rings. The van der Waals surface area contributed by atoms with E-state index >= 15 is 0 Å². The van der Waals surface area contributed by atoms with Gasteiger partial charge in [0.05, 0.1) is 33.5 Å². The Kier molecular flexibility index (Phi) is 10.3. The molecule has 2 aromatic heterocycles. The third-order valence-corrected chi connectivity index (χ3v) is 7.49. The third kappa shape index (κ3) is 6.72. The van der Waals surface area contributed by atoms with Crippen LogP contribution in [0, 0.1) is 5.82 Å². The summed E-state index contributed by atoms with van der Waals surface area (Å²) < 4.78 is 14.1. The van der Waals surface area contributed by atoms with Crippen LogP contribution in [0.1, 0.15) is 55.8 Å². The molecule has 5 rings (SSSR count). The fraction of sp³-hybridized carbons (Fsp3) is 0.407. The summed E-state index contributed by atoms with van der Waals surface area (Å²) in [7, 11) is 0. The number of nitrogens with one attached hydrogen (secondary N) is 3. The standard InChI is InChI=1S/C27H29ClFN5O3.2ClH/c1-14(35)18-13-31-22-9-8-21(15-11-19(28)26(36)20(29)12-15)34-25(22)24(18)32-16-4-6-17(7-5-16)33-27(37)23-3-2-10-30-23;;/h8-9,11-13,16-17,23,30,36H,2-7,10H2,1H3,(H,31,32)(H,33,37);2*1H/t16?,17?,23-;;/m0../s1. The largest absolute Gasteiger partial charge is 0.504 e. The molecule has 1 amide bonds. The van der Waals surface area contributed by atoms with Gasteiger partial charge in [0, 0.05) is 23.8 Å². The first kappa shape index (κ1) is 30.8. The zero-order valence-electron chi connectivity index (χ0n) is 21.3. The lowest BCUT2D eigenvalue weighted by atomic mass is 9.90. The predicted octanol–water partition coefficient (Wildman–Crippen LogP) is 5.43. The lowest BCUT2D eigenvalue weighted by Crippen LogP contribution is -2.47. The summed E-state index contributed by atoms with van der Waals surface area (Å²) in [5.74, 6) is -1.52. The van der Waals surface area contributed by atoms with Crippen molar-refractivity contribution in [3.63, 3.8) is 0 Å². The van der Waals surface area contributed by atoms with Crippen molar-refractivity contribution in [2.75, 3.05) is 11.9 Å². The van der Waals surface area contributed by atoms with Crippen LogP contribution in [0.25, 0.3) is 22.3 Å². The summed E-state index contributed by atoms with van der Waals surface area (Å²) >= 11 is 5.98. The van der Waals surface area contributed by atoms with E-state index in [2.05, 4.69) is 20.9 Å². The normalized spacial score (nSPS) is 20.5. The molecule has 1 aliphatic heterocycles. The highest BCUT2D eigenvalue weighted by atomic mass is 35.5. The maximum Gasteiger partial charge on any atom is 0.237 e. The van der Waals surface area contributed by atoms with Crippen molar-refractivity contribution in [1.82, 2.24) is 20.6 Å². The van der Waals surface area contributed by atoms with E-state index in [0.717, 1.165) is 45.1 Å². The highest BCUT2D eigenvalue weighted by Crippen LogP contribution is 2.34. The Morgan fingerprint density at radius 2 is 1.82 bits per heavy atom. The molecule has 8 nitrogen and oxygen atoms in total. The molecule has 0 radical (unpaired) electrons. The molecular formula is C27H31Cl3FN5O3. The number of aromatic hydroxyl groups is 1. The molecule has 1 aliphatic carbocycles. The monoisotopic (exact) mass is 597 g/mol. The van der Waals surface area contributed by atoms with E-state index in [4.69, 9.17) is 16.6 Å². The van der Waals surface area contributed by atoms with E-state index in [-0.39, 0.29) is 59.7 Å². The van der Waals surface area contributed by atoms with E-state index in [0.29, 0.717) is 33.5 Å². The van der Waals surface area contributed by atoms with Crippen molar-refractivity contribution in [3.8, 4) is 17.0 Å². The molecule has 0 bridgehead atoms. The second-order valence-corrected chi connectivity index (χ2v) is 10.2. The third-order valence-electron chi connectivity index (χ3n) is 7.20. The fourth-order valence-corrected chi connectivity index (χ4v) is 5.36. The number of phenols is 1. The van der Waals surface area contributed by atoms with Gasteiger partial charge >= 0.3 is 0 Å². The van der Waals surface area contributed by atoms with Gasteiger partial charge in [0.1, 0.15) is 5.52 Å². The van der Waals surface area contributed by atoms with Gasteiger partial charge in [-0.05, 0) is 76.3 Å². The summed E-state index contributed by atoms with van der Waals surface area (Å²) in [5, 5.41) is 19.5. The number of rotatable bonds is 6. The first-order valence-corrected chi connectivity index (χ1v) is 13.0. The number of nitrogens with zero attached hydrogens (tertiary/aromatic N) is 2. The Bertz CT molecular complexity index is 1340. The van der Waals surface area contributed by atoms with Crippen molar-refractivity contribution in [1.29, 1.82) is 0 Å².